The summed E-state index contributed by atoms with van der Waals surface area (Å²) in [6.45, 7) is 4.90. The van der Waals surface area contributed by atoms with Gasteiger partial charge in [-0.25, -0.2) is 0 Å². The zero-order valence-electron chi connectivity index (χ0n) is 7.75. The molecule has 0 saturated heterocycles. The van der Waals surface area contributed by atoms with Crippen LogP contribution in [0.5, 0.6) is 0 Å². The Labute approximate surface area is 74.1 Å². The second kappa shape index (κ2) is 8.93. The van der Waals surface area contributed by atoms with E-state index in [0.717, 1.165) is 13.0 Å². The van der Waals surface area contributed by atoms with E-state index in [1.54, 1.807) is 0 Å². The van der Waals surface area contributed by atoms with Gasteiger partial charge in [-0.05, 0) is 6.42 Å². The molecule has 0 spiro atoms. The Kier molecular flexibility index (Phi) is 8.81. The maximum Gasteiger partial charge on any atom is 0.0618 e. The van der Waals surface area contributed by atoms with Crippen molar-refractivity contribution in [2.24, 2.45) is 5.73 Å². The molecular formula is C8H20N2O2. The van der Waals surface area contributed by atoms with Gasteiger partial charge < -0.3 is 20.9 Å². The normalized spacial score (nSPS) is 13.2. The lowest BCUT2D eigenvalue weighted by Gasteiger charge is -2.09. The van der Waals surface area contributed by atoms with Crippen molar-refractivity contribution in [3.63, 3.8) is 0 Å². The van der Waals surface area contributed by atoms with Crippen molar-refractivity contribution in [2.75, 3.05) is 32.9 Å². The molecule has 0 bridgehead atoms. The summed E-state index contributed by atoms with van der Waals surface area (Å²) in [6.07, 6.45) is 0.948. The lowest BCUT2D eigenvalue weighted by molar-refractivity contribution is 0.120. The molecule has 12 heavy (non-hydrogen) atoms. The zero-order chi connectivity index (χ0) is 9.23. The molecule has 0 unspecified atom stereocenters. The monoisotopic (exact) mass is 176 g/mol. The Hall–Kier alpha value is -0.160. The minimum absolute atomic E-state index is 0.155. The molecule has 0 aliphatic heterocycles. The standard InChI is InChI=1S/C8H20N2O2/c1-2-8(9)7-12-6-4-10-3-5-11/h8,10-11H,2-7,9H2,1H3/t8-/m1/s1. The second-order valence-electron chi connectivity index (χ2n) is 2.72. The molecule has 74 valence electrons. The molecule has 1 atom stereocenters. The van der Waals surface area contributed by atoms with Crippen molar-refractivity contribution in [1.29, 1.82) is 0 Å². The number of rotatable bonds is 8. The van der Waals surface area contributed by atoms with Crippen molar-refractivity contribution in [2.45, 2.75) is 19.4 Å². The number of hydrogen-bond donors (Lipinski definition) is 3. The Morgan fingerprint density at radius 1 is 1.50 bits per heavy atom. The SMILES string of the molecule is CC[C@@H](N)COCCNCCO. The fourth-order valence-corrected chi connectivity index (χ4v) is 0.701. The van der Waals surface area contributed by atoms with Crippen molar-refractivity contribution < 1.29 is 9.84 Å². The highest BCUT2D eigenvalue weighted by molar-refractivity contribution is 4.55. The van der Waals surface area contributed by atoms with E-state index >= 15 is 0 Å². The van der Waals surface area contributed by atoms with Crippen LogP contribution < -0.4 is 11.1 Å². The maximum absolute atomic E-state index is 8.43. The molecule has 0 aromatic heterocycles. The smallest absolute Gasteiger partial charge is 0.0618 e. The van der Waals surface area contributed by atoms with Crippen LogP contribution in [-0.2, 0) is 4.74 Å². The van der Waals surface area contributed by atoms with Gasteiger partial charge in [-0.3, -0.25) is 0 Å². The van der Waals surface area contributed by atoms with Crippen LogP contribution in [0.25, 0.3) is 0 Å². The van der Waals surface area contributed by atoms with Crippen LogP contribution in [0, 0.1) is 0 Å². The molecule has 0 aromatic carbocycles. The van der Waals surface area contributed by atoms with Gasteiger partial charge in [0.25, 0.3) is 0 Å². The first-order valence-corrected chi connectivity index (χ1v) is 4.46. The summed E-state index contributed by atoms with van der Waals surface area (Å²) < 4.78 is 5.26. The van der Waals surface area contributed by atoms with Crippen LogP contribution >= 0.6 is 0 Å². The van der Waals surface area contributed by atoms with E-state index in [4.69, 9.17) is 15.6 Å². The summed E-state index contributed by atoms with van der Waals surface area (Å²) >= 11 is 0. The summed E-state index contributed by atoms with van der Waals surface area (Å²) in [5.74, 6) is 0. The van der Waals surface area contributed by atoms with Gasteiger partial charge in [-0.1, -0.05) is 6.92 Å². The molecule has 0 aliphatic rings. The largest absolute Gasteiger partial charge is 0.395 e. The van der Waals surface area contributed by atoms with Gasteiger partial charge in [0.05, 0.1) is 19.8 Å². The third-order valence-electron chi connectivity index (χ3n) is 1.57. The first-order valence-electron chi connectivity index (χ1n) is 4.46. The van der Waals surface area contributed by atoms with E-state index < -0.39 is 0 Å². The Balaban J connectivity index is 2.90. The van der Waals surface area contributed by atoms with Gasteiger partial charge in [0, 0.05) is 19.1 Å². The van der Waals surface area contributed by atoms with E-state index in [1.807, 2.05) is 6.92 Å². The van der Waals surface area contributed by atoms with E-state index in [1.165, 1.54) is 0 Å². The van der Waals surface area contributed by atoms with Crippen molar-refractivity contribution in [1.82, 2.24) is 5.32 Å². The van der Waals surface area contributed by atoms with Gasteiger partial charge in [0.15, 0.2) is 0 Å². The van der Waals surface area contributed by atoms with Crippen molar-refractivity contribution in [3.05, 3.63) is 0 Å². The fraction of sp³-hybridized carbons (Fsp3) is 1.00. The topological polar surface area (TPSA) is 67.5 Å². The number of nitrogens with one attached hydrogen (secondary N) is 1. The molecule has 4 heteroatoms. The molecule has 0 saturated carbocycles. The molecule has 0 aliphatic carbocycles. The number of aliphatic hydroxyl groups excluding tert-OH is 1. The molecule has 4 N–H and O–H groups in total. The summed E-state index contributed by atoms with van der Waals surface area (Å²) in [6, 6.07) is 0.155. The molecule has 0 rings (SSSR count). The molecule has 0 heterocycles. The molecule has 0 radical (unpaired) electrons. The third-order valence-corrected chi connectivity index (χ3v) is 1.57. The first kappa shape index (κ1) is 11.8. The van der Waals surface area contributed by atoms with Crippen molar-refractivity contribution >= 4 is 0 Å². The first-order chi connectivity index (χ1) is 5.81. The third kappa shape index (κ3) is 7.94. The summed E-state index contributed by atoms with van der Waals surface area (Å²) in [5.41, 5.74) is 5.63. The number of aliphatic hydroxyl groups is 1. The quantitative estimate of drug-likeness (QED) is 0.429. The molecule has 4 nitrogen and oxygen atoms in total. The van der Waals surface area contributed by atoms with Crippen LogP contribution in [0.2, 0.25) is 0 Å². The highest BCUT2D eigenvalue weighted by atomic mass is 16.5. The summed E-state index contributed by atoms with van der Waals surface area (Å²) in [5, 5.41) is 11.4. The predicted octanol–water partition coefficient (Wildman–Crippen LogP) is -0.678. The lowest BCUT2D eigenvalue weighted by Crippen LogP contribution is -2.28. The Morgan fingerprint density at radius 2 is 2.25 bits per heavy atom. The van der Waals surface area contributed by atoms with E-state index in [2.05, 4.69) is 5.32 Å². The fourth-order valence-electron chi connectivity index (χ4n) is 0.701. The summed E-state index contributed by atoms with van der Waals surface area (Å²) in [4.78, 5) is 0. The minimum atomic E-state index is 0.155. The predicted molar refractivity (Wildman–Crippen MR) is 49.0 cm³/mol. The van der Waals surface area contributed by atoms with Gasteiger partial charge in [0.1, 0.15) is 0 Å². The average Bonchev–Trinajstić information content (AvgIpc) is 2.10. The Morgan fingerprint density at radius 3 is 2.83 bits per heavy atom. The summed E-state index contributed by atoms with van der Waals surface area (Å²) in [7, 11) is 0. The number of hydrogen-bond acceptors (Lipinski definition) is 4. The molecular weight excluding hydrogens is 156 g/mol. The zero-order valence-corrected chi connectivity index (χ0v) is 7.75. The maximum atomic E-state index is 8.43. The second-order valence-corrected chi connectivity index (χ2v) is 2.72. The van der Waals surface area contributed by atoms with Gasteiger partial charge in [-0.15, -0.1) is 0 Å². The molecule has 0 fully saturated rings. The van der Waals surface area contributed by atoms with E-state index in [9.17, 15) is 0 Å². The average molecular weight is 176 g/mol. The Bertz CT molecular complexity index is 91.1. The van der Waals surface area contributed by atoms with Crippen LogP contribution in [0.1, 0.15) is 13.3 Å². The van der Waals surface area contributed by atoms with E-state index in [-0.39, 0.29) is 12.6 Å². The van der Waals surface area contributed by atoms with E-state index in [0.29, 0.717) is 19.8 Å². The van der Waals surface area contributed by atoms with Gasteiger partial charge in [0.2, 0.25) is 0 Å². The highest BCUT2D eigenvalue weighted by Crippen LogP contribution is 1.86. The molecule has 0 amide bonds. The lowest BCUT2D eigenvalue weighted by atomic mass is 10.3. The minimum Gasteiger partial charge on any atom is -0.395 e. The molecule has 0 aromatic rings. The van der Waals surface area contributed by atoms with Gasteiger partial charge >= 0.3 is 0 Å². The van der Waals surface area contributed by atoms with Crippen molar-refractivity contribution in [3.8, 4) is 0 Å². The van der Waals surface area contributed by atoms with Crippen LogP contribution in [0.3, 0.4) is 0 Å². The number of ether oxygens (including phenoxy) is 1. The highest BCUT2D eigenvalue weighted by Gasteiger charge is 1.97. The number of nitrogens with two attached hydrogens (primary N) is 1. The van der Waals surface area contributed by atoms with Gasteiger partial charge in [-0.2, -0.15) is 0 Å². The van der Waals surface area contributed by atoms with Crippen LogP contribution in [0.4, 0.5) is 0 Å². The van der Waals surface area contributed by atoms with Crippen LogP contribution in [-0.4, -0.2) is 44.1 Å². The van der Waals surface area contributed by atoms with Crippen LogP contribution in [0.15, 0.2) is 0 Å².